The van der Waals surface area contributed by atoms with Gasteiger partial charge in [0.25, 0.3) is 5.69 Å². The summed E-state index contributed by atoms with van der Waals surface area (Å²) in [5, 5.41) is 21.6. The van der Waals surface area contributed by atoms with Crippen LogP contribution in [-0.2, 0) is 11.3 Å². The molecule has 1 aromatic rings. The zero-order valence-corrected chi connectivity index (χ0v) is 8.85. The topological polar surface area (TPSA) is 92.5 Å². The summed E-state index contributed by atoms with van der Waals surface area (Å²) in [4.78, 5) is 20.0. The molecule has 0 fully saturated rings. The van der Waals surface area contributed by atoms with E-state index in [0.29, 0.717) is 5.56 Å². The lowest BCUT2D eigenvalue weighted by atomic mass is 10.2. The third-order valence-electron chi connectivity index (χ3n) is 2.00. The molecule has 1 aromatic carbocycles. The number of carboxylic acid groups (broad SMARTS) is 1. The van der Waals surface area contributed by atoms with E-state index in [2.05, 4.69) is 5.32 Å². The molecule has 17 heavy (non-hydrogen) atoms. The van der Waals surface area contributed by atoms with Crippen LogP contribution in [0.15, 0.2) is 18.2 Å². The van der Waals surface area contributed by atoms with Crippen LogP contribution in [0.5, 0.6) is 0 Å². The minimum Gasteiger partial charge on any atom is -0.481 e. The Balaban J connectivity index is 2.59. The van der Waals surface area contributed by atoms with Crippen LogP contribution in [0.1, 0.15) is 12.0 Å². The monoisotopic (exact) mass is 242 g/mol. The van der Waals surface area contributed by atoms with E-state index in [1.54, 1.807) is 0 Å². The number of aliphatic carboxylic acids is 1. The highest BCUT2D eigenvalue weighted by Gasteiger charge is 2.09. The van der Waals surface area contributed by atoms with Crippen molar-refractivity contribution in [1.82, 2.24) is 5.32 Å². The number of benzene rings is 1. The molecule has 0 unspecified atom stereocenters. The second-order valence-electron chi connectivity index (χ2n) is 3.40. The number of hydrogen-bond donors (Lipinski definition) is 2. The van der Waals surface area contributed by atoms with Crippen molar-refractivity contribution in [2.24, 2.45) is 0 Å². The molecule has 0 heterocycles. The summed E-state index contributed by atoms with van der Waals surface area (Å²) in [6, 6.07) is 3.25. The standard InChI is InChI=1S/C10H11FN2O4/c11-8-3-7(4-9(5-8)13(16)17)6-12-2-1-10(14)15/h3-5,12H,1-2,6H2,(H,14,15). The molecule has 0 amide bonds. The van der Waals surface area contributed by atoms with Crippen molar-refractivity contribution in [2.75, 3.05) is 6.54 Å². The van der Waals surface area contributed by atoms with Crippen molar-refractivity contribution in [2.45, 2.75) is 13.0 Å². The Bertz CT molecular complexity index is 436. The third kappa shape index (κ3) is 4.56. The van der Waals surface area contributed by atoms with Gasteiger partial charge >= 0.3 is 5.97 Å². The molecule has 0 atom stereocenters. The number of non-ortho nitro benzene ring substituents is 1. The average molecular weight is 242 g/mol. The average Bonchev–Trinajstić information content (AvgIpc) is 2.23. The molecule has 0 aliphatic carbocycles. The van der Waals surface area contributed by atoms with Crippen LogP contribution >= 0.6 is 0 Å². The van der Waals surface area contributed by atoms with Gasteiger partial charge in [0.1, 0.15) is 5.82 Å². The molecular formula is C10H11FN2O4. The van der Waals surface area contributed by atoms with E-state index in [1.165, 1.54) is 12.1 Å². The van der Waals surface area contributed by atoms with Crippen molar-refractivity contribution in [1.29, 1.82) is 0 Å². The molecule has 0 radical (unpaired) electrons. The van der Waals surface area contributed by atoms with Gasteiger partial charge in [-0.3, -0.25) is 14.9 Å². The molecule has 0 saturated carbocycles. The smallest absolute Gasteiger partial charge is 0.304 e. The fraction of sp³-hybridized carbons (Fsp3) is 0.300. The zero-order valence-electron chi connectivity index (χ0n) is 8.85. The fourth-order valence-electron chi connectivity index (χ4n) is 1.27. The van der Waals surface area contributed by atoms with E-state index in [4.69, 9.17) is 5.11 Å². The Morgan fingerprint density at radius 1 is 1.47 bits per heavy atom. The van der Waals surface area contributed by atoms with Gasteiger partial charge in [-0.1, -0.05) is 0 Å². The number of carboxylic acids is 1. The van der Waals surface area contributed by atoms with Crippen LogP contribution in [-0.4, -0.2) is 22.5 Å². The molecular weight excluding hydrogens is 231 g/mol. The molecule has 92 valence electrons. The highest BCUT2D eigenvalue weighted by Crippen LogP contribution is 2.15. The normalized spacial score (nSPS) is 10.2. The molecule has 0 aromatic heterocycles. The first kappa shape index (κ1) is 13.0. The van der Waals surface area contributed by atoms with Gasteiger partial charge in [0.05, 0.1) is 17.4 Å². The molecule has 0 aliphatic heterocycles. The Labute approximate surface area is 96.2 Å². The molecule has 0 saturated heterocycles. The number of halogens is 1. The largest absolute Gasteiger partial charge is 0.481 e. The van der Waals surface area contributed by atoms with Crippen LogP contribution in [0, 0.1) is 15.9 Å². The highest BCUT2D eigenvalue weighted by atomic mass is 19.1. The van der Waals surface area contributed by atoms with Gasteiger partial charge in [0.15, 0.2) is 0 Å². The predicted molar refractivity (Wildman–Crippen MR) is 57.0 cm³/mol. The van der Waals surface area contributed by atoms with Gasteiger partial charge in [-0.2, -0.15) is 0 Å². The summed E-state index contributed by atoms with van der Waals surface area (Å²) < 4.78 is 13.0. The maximum atomic E-state index is 13.0. The Hall–Kier alpha value is -2.02. The zero-order chi connectivity index (χ0) is 12.8. The molecule has 0 spiro atoms. The van der Waals surface area contributed by atoms with Gasteiger partial charge in [0.2, 0.25) is 0 Å². The second kappa shape index (κ2) is 5.90. The van der Waals surface area contributed by atoms with Gasteiger partial charge in [-0.15, -0.1) is 0 Å². The lowest BCUT2D eigenvalue weighted by Gasteiger charge is -2.03. The molecule has 0 aliphatic rings. The summed E-state index contributed by atoms with van der Waals surface area (Å²) in [6.07, 6.45) is -0.0581. The molecule has 7 heteroatoms. The Kier molecular flexibility index (Phi) is 4.53. The van der Waals surface area contributed by atoms with E-state index in [1.807, 2.05) is 0 Å². The summed E-state index contributed by atoms with van der Waals surface area (Å²) in [5.41, 5.74) is 0.0853. The minimum atomic E-state index is -0.942. The number of carbonyl (C=O) groups is 1. The van der Waals surface area contributed by atoms with Crippen molar-refractivity contribution in [3.05, 3.63) is 39.7 Å². The first-order valence-corrected chi connectivity index (χ1v) is 4.85. The quantitative estimate of drug-likeness (QED) is 0.445. The Morgan fingerprint density at radius 3 is 2.76 bits per heavy atom. The van der Waals surface area contributed by atoms with E-state index in [-0.39, 0.29) is 25.2 Å². The second-order valence-corrected chi connectivity index (χ2v) is 3.40. The van der Waals surface area contributed by atoms with Gasteiger partial charge in [-0.25, -0.2) is 4.39 Å². The fourth-order valence-corrected chi connectivity index (χ4v) is 1.27. The van der Waals surface area contributed by atoms with Crippen molar-refractivity contribution in [3.8, 4) is 0 Å². The number of hydrogen-bond acceptors (Lipinski definition) is 4. The summed E-state index contributed by atoms with van der Waals surface area (Å²) in [7, 11) is 0. The predicted octanol–water partition coefficient (Wildman–Crippen LogP) is 1.30. The first-order chi connectivity index (χ1) is 7.99. The van der Waals surface area contributed by atoms with Gasteiger partial charge < -0.3 is 10.4 Å². The lowest BCUT2D eigenvalue weighted by Crippen LogP contribution is -2.17. The van der Waals surface area contributed by atoms with Crippen molar-refractivity contribution in [3.63, 3.8) is 0 Å². The number of nitro groups is 1. The number of rotatable bonds is 6. The minimum absolute atomic E-state index is 0.0581. The first-order valence-electron chi connectivity index (χ1n) is 4.85. The Morgan fingerprint density at radius 2 is 2.18 bits per heavy atom. The summed E-state index contributed by atoms with van der Waals surface area (Å²) in [5.74, 6) is -1.63. The van der Waals surface area contributed by atoms with E-state index < -0.39 is 16.7 Å². The maximum absolute atomic E-state index is 13.0. The maximum Gasteiger partial charge on any atom is 0.304 e. The molecule has 1 rings (SSSR count). The van der Waals surface area contributed by atoms with E-state index in [0.717, 1.165) is 6.07 Å². The molecule has 0 bridgehead atoms. The molecule has 2 N–H and O–H groups in total. The summed E-state index contributed by atoms with van der Waals surface area (Å²) >= 11 is 0. The van der Waals surface area contributed by atoms with E-state index in [9.17, 15) is 19.3 Å². The van der Waals surface area contributed by atoms with Gasteiger partial charge in [0, 0.05) is 19.2 Å². The number of nitrogens with one attached hydrogen (secondary N) is 1. The SMILES string of the molecule is O=C(O)CCNCc1cc(F)cc([N+](=O)[O-])c1. The number of nitro benzene ring substituents is 1. The van der Waals surface area contributed by atoms with Crippen molar-refractivity contribution < 1.29 is 19.2 Å². The van der Waals surface area contributed by atoms with Crippen LogP contribution < -0.4 is 5.32 Å². The van der Waals surface area contributed by atoms with Crippen LogP contribution in [0.4, 0.5) is 10.1 Å². The van der Waals surface area contributed by atoms with Crippen molar-refractivity contribution >= 4 is 11.7 Å². The van der Waals surface area contributed by atoms with Crippen LogP contribution in [0.25, 0.3) is 0 Å². The highest BCUT2D eigenvalue weighted by molar-refractivity contribution is 5.66. The van der Waals surface area contributed by atoms with Crippen LogP contribution in [0.2, 0.25) is 0 Å². The third-order valence-corrected chi connectivity index (χ3v) is 2.00. The lowest BCUT2D eigenvalue weighted by molar-refractivity contribution is -0.385. The number of nitrogens with zero attached hydrogens (tertiary/aromatic N) is 1. The van der Waals surface area contributed by atoms with E-state index >= 15 is 0 Å². The summed E-state index contributed by atoms with van der Waals surface area (Å²) in [6.45, 7) is 0.408. The molecule has 6 nitrogen and oxygen atoms in total. The van der Waals surface area contributed by atoms with Crippen LogP contribution in [0.3, 0.4) is 0 Å². The van der Waals surface area contributed by atoms with Gasteiger partial charge in [-0.05, 0) is 11.6 Å².